The molecule has 18 heavy (non-hydrogen) atoms. The summed E-state index contributed by atoms with van der Waals surface area (Å²) in [6, 6.07) is 9.34. The van der Waals surface area contributed by atoms with Crippen LogP contribution in [0.1, 0.15) is 17.9 Å². The van der Waals surface area contributed by atoms with E-state index >= 15 is 0 Å². The number of methoxy groups -OCH3 is 1. The molecule has 2 atom stereocenters. The van der Waals surface area contributed by atoms with Gasteiger partial charge in [0.25, 0.3) is 0 Å². The highest BCUT2D eigenvalue weighted by atomic mass is 16.5. The third kappa shape index (κ3) is 2.22. The first-order valence-electron chi connectivity index (χ1n) is 5.68. The second kappa shape index (κ2) is 4.78. The number of carboxylic acid groups (broad SMARTS) is 1. The molecular formula is C13H15NO4. The molecule has 0 heterocycles. The second-order valence-electron chi connectivity index (χ2n) is 4.43. The minimum absolute atomic E-state index is 0.128. The van der Waals surface area contributed by atoms with Crippen LogP contribution in [0.4, 0.5) is 0 Å². The molecule has 0 aliphatic heterocycles. The molecule has 0 spiro atoms. The van der Waals surface area contributed by atoms with Crippen LogP contribution in [0.2, 0.25) is 0 Å². The Bertz CT molecular complexity index is 459. The van der Waals surface area contributed by atoms with Gasteiger partial charge in [0.05, 0.1) is 0 Å². The van der Waals surface area contributed by atoms with Crippen molar-refractivity contribution in [3.8, 4) is 0 Å². The standard InChI is InChI=1S/C13H15NO4/c1-18-8-11(15)14-13(12(16)17)7-10(13)9-5-3-2-4-6-9/h2-6,10H,7-8H2,1H3,(H,14,15)(H,16,17). The summed E-state index contributed by atoms with van der Waals surface area (Å²) in [5.74, 6) is -1.57. The first-order chi connectivity index (χ1) is 8.60. The van der Waals surface area contributed by atoms with Gasteiger partial charge in [-0.05, 0) is 12.0 Å². The highest BCUT2D eigenvalue weighted by Crippen LogP contribution is 2.51. The van der Waals surface area contributed by atoms with Crippen LogP contribution in [0, 0.1) is 0 Å². The quantitative estimate of drug-likeness (QED) is 0.807. The van der Waals surface area contributed by atoms with Crippen molar-refractivity contribution < 1.29 is 19.4 Å². The molecule has 0 radical (unpaired) electrons. The maximum atomic E-state index is 11.5. The van der Waals surface area contributed by atoms with Gasteiger partial charge in [-0.15, -0.1) is 0 Å². The molecule has 96 valence electrons. The predicted molar refractivity (Wildman–Crippen MR) is 64.2 cm³/mol. The van der Waals surface area contributed by atoms with Crippen LogP contribution in [0.3, 0.4) is 0 Å². The predicted octanol–water partition coefficient (Wildman–Crippen LogP) is 0.760. The number of rotatable bonds is 5. The average Bonchev–Trinajstić information content (AvgIpc) is 3.06. The Morgan fingerprint density at radius 3 is 2.67 bits per heavy atom. The number of carboxylic acids is 1. The van der Waals surface area contributed by atoms with Crippen LogP contribution in [0.15, 0.2) is 30.3 Å². The maximum Gasteiger partial charge on any atom is 0.330 e. The van der Waals surface area contributed by atoms with E-state index < -0.39 is 17.4 Å². The molecule has 0 aromatic heterocycles. The number of hydrogen-bond donors (Lipinski definition) is 2. The average molecular weight is 249 g/mol. The van der Waals surface area contributed by atoms with Gasteiger partial charge in [0, 0.05) is 13.0 Å². The van der Waals surface area contributed by atoms with E-state index in [0.29, 0.717) is 6.42 Å². The first-order valence-corrected chi connectivity index (χ1v) is 5.68. The monoisotopic (exact) mass is 249 g/mol. The van der Waals surface area contributed by atoms with Gasteiger partial charge < -0.3 is 15.2 Å². The Hall–Kier alpha value is -1.88. The maximum absolute atomic E-state index is 11.5. The van der Waals surface area contributed by atoms with Crippen LogP contribution in [0.25, 0.3) is 0 Å². The van der Waals surface area contributed by atoms with Crippen molar-refractivity contribution in [1.29, 1.82) is 0 Å². The number of benzene rings is 1. The third-order valence-electron chi connectivity index (χ3n) is 3.18. The number of ether oxygens (including phenoxy) is 1. The Morgan fingerprint density at radius 2 is 2.11 bits per heavy atom. The summed E-state index contributed by atoms with van der Waals surface area (Å²) in [7, 11) is 1.40. The second-order valence-corrected chi connectivity index (χ2v) is 4.43. The van der Waals surface area contributed by atoms with E-state index in [1.807, 2.05) is 30.3 Å². The lowest BCUT2D eigenvalue weighted by Crippen LogP contribution is -2.45. The largest absolute Gasteiger partial charge is 0.479 e. The van der Waals surface area contributed by atoms with Gasteiger partial charge in [-0.25, -0.2) is 4.79 Å². The van der Waals surface area contributed by atoms with Crippen molar-refractivity contribution in [2.24, 2.45) is 0 Å². The summed E-state index contributed by atoms with van der Waals surface area (Å²) in [4.78, 5) is 22.8. The molecule has 0 saturated heterocycles. The molecule has 5 nitrogen and oxygen atoms in total. The summed E-state index contributed by atoms with van der Waals surface area (Å²) in [6.07, 6.45) is 0.418. The Labute approximate surface area is 105 Å². The highest BCUT2D eigenvalue weighted by molar-refractivity contribution is 5.92. The minimum Gasteiger partial charge on any atom is -0.479 e. The number of aliphatic carboxylic acids is 1. The molecule has 5 heteroatoms. The fraction of sp³-hybridized carbons (Fsp3) is 0.385. The highest BCUT2D eigenvalue weighted by Gasteiger charge is 2.62. The lowest BCUT2D eigenvalue weighted by Gasteiger charge is -2.14. The van der Waals surface area contributed by atoms with Gasteiger partial charge in [-0.2, -0.15) is 0 Å². The first kappa shape index (κ1) is 12.6. The van der Waals surface area contributed by atoms with E-state index in [4.69, 9.17) is 4.74 Å². The number of carbonyl (C=O) groups is 2. The van der Waals surface area contributed by atoms with E-state index in [1.165, 1.54) is 7.11 Å². The van der Waals surface area contributed by atoms with Crippen LogP contribution in [-0.2, 0) is 14.3 Å². The zero-order valence-corrected chi connectivity index (χ0v) is 10.1. The molecule has 2 rings (SSSR count). The number of carbonyl (C=O) groups excluding carboxylic acids is 1. The fourth-order valence-electron chi connectivity index (χ4n) is 2.19. The summed E-state index contributed by atoms with van der Waals surface area (Å²) >= 11 is 0. The van der Waals surface area contributed by atoms with Crippen LogP contribution in [-0.4, -0.2) is 36.2 Å². The lowest BCUT2D eigenvalue weighted by atomic mass is 10.1. The molecule has 2 N–H and O–H groups in total. The van der Waals surface area contributed by atoms with Gasteiger partial charge >= 0.3 is 5.97 Å². The zero-order chi connectivity index (χ0) is 13.2. The van der Waals surface area contributed by atoms with Gasteiger partial charge in [-0.3, -0.25) is 4.79 Å². The summed E-state index contributed by atoms with van der Waals surface area (Å²) in [5, 5.41) is 11.8. The Balaban J connectivity index is 2.13. The minimum atomic E-state index is -1.17. The molecular weight excluding hydrogens is 234 g/mol. The SMILES string of the molecule is COCC(=O)NC1(C(=O)O)CC1c1ccccc1. The van der Waals surface area contributed by atoms with E-state index in [1.54, 1.807) is 0 Å². The van der Waals surface area contributed by atoms with Crippen LogP contribution < -0.4 is 5.32 Å². The van der Waals surface area contributed by atoms with Crippen molar-refractivity contribution in [2.45, 2.75) is 17.9 Å². The van der Waals surface area contributed by atoms with Crippen molar-refractivity contribution in [2.75, 3.05) is 13.7 Å². The molecule has 1 amide bonds. The topological polar surface area (TPSA) is 75.6 Å². The number of hydrogen-bond acceptors (Lipinski definition) is 3. The van der Waals surface area contributed by atoms with Gasteiger partial charge in [0.2, 0.25) is 5.91 Å². The van der Waals surface area contributed by atoms with Gasteiger partial charge in [0.15, 0.2) is 0 Å². The zero-order valence-electron chi connectivity index (χ0n) is 10.1. The lowest BCUT2D eigenvalue weighted by molar-refractivity contribution is -0.143. The number of amides is 1. The van der Waals surface area contributed by atoms with E-state index in [0.717, 1.165) is 5.56 Å². The van der Waals surface area contributed by atoms with Gasteiger partial charge in [-0.1, -0.05) is 30.3 Å². The molecule has 1 aromatic rings. The van der Waals surface area contributed by atoms with Gasteiger partial charge in [0.1, 0.15) is 12.1 Å². The molecule has 1 saturated carbocycles. The van der Waals surface area contributed by atoms with E-state index in [-0.39, 0.29) is 12.5 Å². The van der Waals surface area contributed by atoms with Crippen molar-refractivity contribution in [1.82, 2.24) is 5.32 Å². The van der Waals surface area contributed by atoms with E-state index in [2.05, 4.69) is 5.32 Å². The Morgan fingerprint density at radius 1 is 1.44 bits per heavy atom. The number of nitrogens with one attached hydrogen (secondary N) is 1. The van der Waals surface area contributed by atoms with Crippen molar-refractivity contribution in [3.63, 3.8) is 0 Å². The Kier molecular flexibility index (Phi) is 3.34. The third-order valence-corrected chi connectivity index (χ3v) is 3.18. The smallest absolute Gasteiger partial charge is 0.330 e. The molecule has 1 aliphatic carbocycles. The molecule has 1 aliphatic rings. The normalized spacial score (nSPS) is 25.5. The van der Waals surface area contributed by atoms with Crippen LogP contribution in [0.5, 0.6) is 0 Å². The van der Waals surface area contributed by atoms with Crippen molar-refractivity contribution >= 4 is 11.9 Å². The molecule has 0 bridgehead atoms. The summed E-state index contributed by atoms with van der Waals surface area (Å²) in [5.41, 5.74) is -0.241. The van der Waals surface area contributed by atoms with Crippen molar-refractivity contribution in [3.05, 3.63) is 35.9 Å². The van der Waals surface area contributed by atoms with Crippen LogP contribution >= 0.6 is 0 Å². The molecule has 2 unspecified atom stereocenters. The van der Waals surface area contributed by atoms with E-state index in [9.17, 15) is 14.7 Å². The summed E-state index contributed by atoms with van der Waals surface area (Å²) in [6.45, 7) is -0.128. The molecule has 1 aromatic carbocycles. The molecule has 1 fully saturated rings. The summed E-state index contributed by atoms with van der Waals surface area (Å²) < 4.78 is 4.69. The fourth-order valence-corrected chi connectivity index (χ4v) is 2.19.